The summed E-state index contributed by atoms with van der Waals surface area (Å²) in [6, 6.07) is 7.65. The number of likely N-dealkylation sites (tertiary alicyclic amines) is 2. The lowest BCUT2D eigenvalue weighted by molar-refractivity contribution is -0.129. The minimum atomic E-state index is 0.272. The lowest BCUT2D eigenvalue weighted by Gasteiger charge is -2.24. The van der Waals surface area contributed by atoms with Gasteiger partial charge < -0.3 is 9.80 Å². The van der Waals surface area contributed by atoms with Gasteiger partial charge in [-0.1, -0.05) is 36.6 Å². The summed E-state index contributed by atoms with van der Waals surface area (Å²) in [5.41, 5.74) is 1.06. The van der Waals surface area contributed by atoms with Crippen LogP contribution < -0.4 is 0 Å². The van der Waals surface area contributed by atoms with E-state index in [1.807, 2.05) is 24.3 Å². The predicted molar refractivity (Wildman–Crippen MR) is 97.1 cm³/mol. The molecular weight excluding hydrogens is 320 g/mol. The molecule has 0 unspecified atom stereocenters. The Hall–Kier alpha value is -1.06. The van der Waals surface area contributed by atoms with Gasteiger partial charge in [0.2, 0.25) is 5.91 Å². The maximum atomic E-state index is 12.6. The molecule has 0 N–H and O–H groups in total. The number of benzene rings is 1. The summed E-state index contributed by atoms with van der Waals surface area (Å²) < 4.78 is 0. The zero-order valence-electron chi connectivity index (χ0n) is 14.3. The van der Waals surface area contributed by atoms with Crippen LogP contribution in [0, 0.1) is 17.8 Å². The molecule has 0 aromatic heterocycles. The average molecular weight is 347 g/mol. The summed E-state index contributed by atoms with van der Waals surface area (Å²) in [4.78, 5) is 17.3. The Morgan fingerprint density at radius 3 is 2.25 bits per heavy atom. The molecule has 1 aliphatic carbocycles. The maximum absolute atomic E-state index is 12.6. The molecule has 3 aliphatic rings. The van der Waals surface area contributed by atoms with Crippen molar-refractivity contribution in [3.8, 4) is 0 Å². The molecule has 2 aliphatic heterocycles. The van der Waals surface area contributed by atoms with E-state index in [2.05, 4.69) is 9.80 Å². The van der Waals surface area contributed by atoms with Gasteiger partial charge in [0.25, 0.3) is 0 Å². The second-order valence-electron chi connectivity index (χ2n) is 7.99. The topological polar surface area (TPSA) is 23.6 Å². The van der Waals surface area contributed by atoms with E-state index in [1.54, 1.807) is 0 Å². The van der Waals surface area contributed by atoms with Crippen molar-refractivity contribution in [1.29, 1.82) is 0 Å². The molecule has 0 spiro atoms. The van der Waals surface area contributed by atoms with E-state index in [1.165, 1.54) is 45.3 Å². The first-order chi connectivity index (χ1) is 11.7. The van der Waals surface area contributed by atoms with Crippen molar-refractivity contribution in [2.75, 3.05) is 32.7 Å². The summed E-state index contributed by atoms with van der Waals surface area (Å²) in [6.07, 6.45) is 6.22. The fourth-order valence-corrected chi connectivity index (χ4v) is 5.02. The highest BCUT2D eigenvalue weighted by Crippen LogP contribution is 2.34. The Morgan fingerprint density at radius 2 is 1.62 bits per heavy atom. The summed E-state index contributed by atoms with van der Waals surface area (Å²) in [6.45, 7) is 5.61. The van der Waals surface area contributed by atoms with Gasteiger partial charge in [0, 0.05) is 37.7 Å². The fourth-order valence-electron chi connectivity index (χ4n) is 4.89. The monoisotopic (exact) mass is 346 g/mol. The quantitative estimate of drug-likeness (QED) is 0.833. The minimum absolute atomic E-state index is 0.272. The van der Waals surface area contributed by atoms with E-state index in [0.717, 1.165) is 29.6 Å². The molecule has 2 atom stereocenters. The zero-order valence-corrected chi connectivity index (χ0v) is 15.0. The number of hydrogen-bond donors (Lipinski definition) is 0. The Balaban J connectivity index is 1.27. The van der Waals surface area contributed by atoms with Crippen LogP contribution in [0.15, 0.2) is 24.3 Å². The molecule has 2 heterocycles. The molecule has 4 heteroatoms. The molecule has 1 amide bonds. The van der Waals surface area contributed by atoms with Crippen LogP contribution in [0.2, 0.25) is 5.02 Å². The maximum Gasteiger partial charge on any atom is 0.227 e. The van der Waals surface area contributed by atoms with Crippen molar-refractivity contribution in [3.05, 3.63) is 34.9 Å². The van der Waals surface area contributed by atoms with Gasteiger partial charge >= 0.3 is 0 Å². The van der Waals surface area contributed by atoms with Gasteiger partial charge in [-0.15, -0.1) is 0 Å². The number of hydrogen-bond acceptors (Lipinski definition) is 2. The number of nitrogens with zero attached hydrogens (tertiary/aromatic N) is 2. The molecular formula is C20H27ClN2O. The molecule has 1 aromatic carbocycles. The molecule has 0 radical (unpaired) electrons. The molecule has 24 heavy (non-hydrogen) atoms. The first kappa shape index (κ1) is 16.4. The minimum Gasteiger partial charge on any atom is -0.342 e. The molecule has 1 saturated carbocycles. The second kappa shape index (κ2) is 7.05. The number of rotatable bonds is 4. The Labute approximate surface area is 150 Å². The van der Waals surface area contributed by atoms with Gasteiger partial charge in [0.15, 0.2) is 0 Å². The first-order valence-electron chi connectivity index (χ1n) is 9.42. The number of fused-ring (bicyclic) bond motifs is 1. The van der Waals surface area contributed by atoms with E-state index >= 15 is 0 Å². The van der Waals surface area contributed by atoms with Gasteiger partial charge in [-0.2, -0.15) is 0 Å². The first-order valence-corrected chi connectivity index (χ1v) is 9.80. The molecule has 0 bridgehead atoms. The van der Waals surface area contributed by atoms with E-state index in [4.69, 9.17) is 11.6 Å². The standard InChI is InChI=1S/C20H27ClN2O/c21-19-7-5-15(6-8-19)9-20(24)23-13-17-11-22(12-18(17)14-23)10-16-3-1-2-4-16/h5-8,16-18H,1-4,9-14H2/t17-,18+. The van der Waals surface area contributed by atoms with E-state index in [0.29, 0.717) is 18.3 Å². The smallest absolute Gasteiger partial charge is 0.227 e. The predicted octanol–water partition coefficient (Wildman–Crippen LogP) is 3.46. The van der Waals surface area contributed by atoms with Crippen LogP contribution in [-0.2, 0) is 11.2 Å². The SMILES string of the molecule is O=C(Cc1ccc(Cl)cc1)N1C[C@H]2CN(CC3CCCC3)C[C@H]2C1. The van der Waals surface area contributed by atoms with Crippen LogP contribution in [-0.4, -0.2) is 48.4 Å². The van der Waals surface area contributed by atoms with Crippen LogP contribution >= 0.6 is 11.6 Å². The van der Waals surface area contributed by atoms with Crippen molar-refractivity contribution < 1.29 is 4.79 Å². The van der Waals surface area contributed by atoms with Gasteiger partial charge in [-0.25, -0.2) is 0 Å². The molecule has 130 valence electrons. The number of carbonyl (C=O) groups is 1. The van der Waals surface area contributed by atoms with E-state index in [-0.39, 0.29) is 5.91 Å². The third-order valence-corrected chi connectivity index (χ3v) is 6.43. The fraction of sp³-hybridized carbons (Fsp3) is 0.650. The highest BCUT2D eigenvalue weighted by Gasteiger charge is 2.41. The van der Waals surface area contributed by atoms with Crippen LogP contribution in [0.1, 0.15) is 31.2 Å². The summed E-state index contributed by atoms with van der Waals surface area (Å²) in [5.74, 6) is 2.60. The van der Waals surface area contributed by atoms with Crippen LogP contribution in [0.3, 0.4) is 0 Å². The Kier molecular flexibility index (Phi) is 4.82. The van der Waals surface area contributed by atoms with Crippen molar-refractivity contribution in [2.45, 2.75) is 32.1 Å². The van der Waals surface area contributed by atoms with Gasteiger partial charge in [0.05, 0.1) is 6.42 Å². The van der Waals surface area contributed by atoms with E-state index < -0.39 is 0 Å². The largest absolute Gasteiger partial charge is 0.342 e. The third kappa shape index (κ3) is 3.62. The van der Waals surface area contributed by atoms with E-state index in [9.17, 15) is 4.79 Å². The molecule has 1 aromatic rings. The molecule has 2 saturated heterocycles. The zero-order chi connectivity index (χ0) is 16.5. The molecule has 4 rings (SSSR count). The number of halogens is 1. The second-order valence-corrected chi connectivity index (χ2v) is 8.43. The van der Waals surface area contributed by atoms with Crippen LogP contribution in [0.4, 0.5) is 0 Å². The Morgan fingerprint density at radius 1 is 1.00 bits per heavy atom. The van der Waals surface area contributed by atoms with Gasteiger partial charge in [0.1, 0.15) is 0 Å². The van der Waals surface area contributed by atoms with Crippen molar-refractivity contribution in [2.24, 2.45) is 17.8 Å². The van der Waals surface area contributed by atoms with Crippen molar-refractivity contribution in [1.82, 2.24) is 9.80 Å². The van der Waals surface area contributed by atoms with Crippen LogP contribution in [0.5, 0.6) is 0 Å². The molecule has 3 nitrogen and oxygen atoms in total. The van der Waals surface area contributed by atoms with Crippen molar-refractivity contribution in [3.63, 3.8) is 0 Å². The van der Waals surface area contributed by atoms with Crippen LogP contribution in [0.25, 0.3) is 0 Å². The average Bonchev–Trinajstić information content (AvgIpc) is 3.26. The summed E-state index contributed by atoms with van der Waals surface area (Å²) >= 11 is 5.91. The molecule has 3 fully saturated rings. The highest BCUT2D eigenvalue weighted by molar-refractivity contribution is 6.30. The Bertz CT molecular complexity index is 568. The summed E-state index contributed by atoms with van der Waals surface area (Å²) in [5, 5.41) is 0.726. The van der Waals surface area contributed by atoms with Gasteiger partial charge in [-0.3, -0.25) is 4.79 Å². The third-order valence-electron chi connectivity index (χ3n) is 6.17. The highest BCUT2D eigenvalue weighted by atomic mass is 35.5. The normalized spacial score (nSPS) is 27.8. The summed E-state index contributed by atoms with van der Waals surface area (Å²) in [7, 11) is 0. The van der Waals surface area contributed by atoms with Crippen molar-refractivity contribution >= 4 is 17.5 Å². The lowest BCUT2D eigenvalue weighted by atomic mass is 10.0. The number of amides is 1. The number of carbonyl (C=O) groups excluding carboxylic acids is 1. The lowest BCUT2D eigenvalue weighted by Crippen LogP contribution is -2.35. The van der Waals surface area contributed by atoms with Gasteiger partial charge in [-0.05, 0) is 48.3 Å².